The SMILES string of the molecule is O=C(C[C@H]1COCCN1C(=O)c1ccsc1)c1ccco1. The van der Waals surface area contributed by atoms with Crippen LogP contribution in [-0.2, 0) is 4.74 Å². The van der Waals surface area contributed by atoms with Crippen LogP contribution in [0.5, 0.6) is 0 Å². The number of amides is 1. The molecule has 0 N–H and O–H groups in total. The average Bonchev–Trinajstić information content (AvgIpc) is 3.20. The van der Waals surface area contributed by atoms with Crippen LogP contribution >= 0.6 is 11.3 Å². The van der Waals surface area contributed by atoms with Crippen LogP contribution in [0.1, 0.15) is 27.3 Å². The maximum atomic E-state index is 12.5. The Balaban J connectivity index is 1.72. The number of furan rings is 1. The Bertz CT molecular complexity index is 606. The quantitative estimate of drug-likeness (QED) is 0.814. The summed E-state index contributed by atoms with van der Waals surface area (Å²) in [6, 6.07) is 4.87. The van der Waals surface area contributed by atoms with E-state index in [0.717, 1.165) is 0 Å². The molecule has 0 radical (unpaired) electrons. The van der Waals surface area contributed by atoms with Crippen LogP contribution in [0.2, 0.25) is 0 Å². The molecule has 0 spiro atoms. The number of carbonyl (C=O) groups excluding carboxylic acids is 2. The second kappa shape index (κ2) is 6.24. The molecule has 1 aliphatic rings. The minimum Gasteiger partial charge on any atom is -0.461 e. The van der Waals surface area contributed by atoms with E-state index in [0.29, 0.717) is 31.1 Å². The number of hydrogen-bond acceptors (Lipinski definition) is 5. The van der Waals surface area contributed by atoms with Crippen molar-refractivity contribution in [2.24, 2.45) is 0 Å². The summed E-state index contributed by atoms with van der Waals surface area (Å²) in [5, 5.41) is 3.69. The minimum atomic E-state index is -0.247. The van der Waals surface area contributed by atoms with Crippen molar-refractivity contribution in [3.63, 3.8) is 0 Å². The van der Waals surface area contributed by atoms with Gasteiger partial charge in [-0.15, -0.1) is 0 Å². The summed E-state index contributed by atoms with van der Waals surface area (Å²) >= 11 is 1.48. The zero-order chi connectivity index (χ0) is 14.7. The molecule has 1 saturated heterocycles. The van der Waals surface area contributed by atoms with E-state index < -0.39 is 0 Å². The zero-order valence-electron chi connectivity index (χ0n) is 11.4. The van der Waals surface area contributed by atoms with Crippen LogP contribution in [0.4, 0.5) is 0 Å². The Morgan fingerprint density at radius 2 is 2.29 bits per heavy atom. The molecule has 0 bridgehead atoms. The highest BCUT2D eigenvalue weighted by molar-refractivity contribution is 7.08. The smallest absolute Gasteiger partial charge is 0.255 e. The molecule has 0 saturated carbocycles. The van der Waals surface area contributed by atoms with Crippen molar-refractivity contribution in [3.8, 4) is 0 Å². The first-order valence-electron chi connectivity index (χ1n) is 6.73. The van der Waals surface area contributed by atoms with Crippen molar-refractivity contribution in [1.82, 2.24) is 4.90 Å². The maximum absolute atomic E-state index is 12.5. The van der Waals surface area contributed by atoms with Crippen molar-refractivity contribution < 1.29 is 18.7 Å². The molecule has 2 aromatic rings. The third-order valence-corrected chi connectivity index (χ3v) is 4.16. The Morgan fingerprint density at radius 3 is 3.00 bits per heavy atom. The van der Waals surface area contributed by atoms with Gasteiger partial charge in [0.15, 0.2) is 11.5 Å². The molecule has 3 heterocycles. The highest BCUT2D eigenvalue weighted by atomic mass is 32.1. The predicted molar refractivity (Wildman–Crippen MR) is 77.6 cm³/mol. The van der Waals surface area contributed by atoms with Crippen LogP contribution in [0, 0.1) is 0 Å². The number of ether oxygens (including phenoxy) is 1. The van der Waals surface area contributed by atoms with Crippen molar-refractivity contribution in [3.05, 3.63) is 46.5 Å². The lowest BCUT2D eigenvalue weighted by Crippen LogP contribution is -2.49. The number of nitrogens with zero attached hydrogens (tertiary/aromatic N) is 1. The van der Waals surface area contributed by atoms with Crippen molar-refractivity contribution >= 4 is 23.0 Å². The van der Waals surface area contributed by atoms with Gasteiger partial charge in [-0.2, -0.15) is 11.3 Å². The first-order chi connectivity index (χ1) is 10.3. The zero-order valence-corrected chi connectivity index (χ0v) is 12.2. The summed E-state index contributed by atoms with van der Waals surface area (Å²) in [7, 11) is 0. The molecule has 6 heteroatoms. The fourth-order valence-electron chi connectivity index (χ4n) is 2.40. The van der Waals surface area contributed by atoms with E-state index in [1.54, 1.807) is 23.1 Å². The number of carbonyl (C=O) groups is 2. The normalized spacial score (nSPS) is 18.7. The molecule has 1 fully saturated rings. The molecular formula is C15H15NO4S. The van der Waals surface area contributed by atoms with E-state index in [4.69, 9.17) is 9.15 Å². The Kier molecular flexibility index (Phi) is 4.17. The van der Waals surface area contributed by atoms with Gasteiger partial charge in [0.25, 0.3) is 5.91 Å². The third-order valence-electron chi connectivity index (χ3n) is 3.47. The predicted octanol–water partition coefficient (Wildman–Crippen LogP) is 2.46. The van der Waals surface area contributed by atoms with Crippen LogP contribution in [0.15, 0.2) is 39.6 Å². The van der Waals surface area contributed by atoms with E-state index in [1.807, 2.05) is 10.8 Å². The topological polar surface area (TPSA) is 59.8 Å². The second-order valence-electron chi connectivity index (χ2n) is 4.84. The number of thiophene rings is 1. The number of hydrogen-bond donors (Lipinski definition) is 0. The third kappa shape index (κ3) is 3.06. The number of rotatable bonds is 4. The van der Waals surface area contributed by atoms with Gasteiger partial charge in [0.2, 0.25) is 0 Å². The second-order valence-corrected chi connectivity index (χ2v) is 5.62. The van der Waals surface area contributed by atoms with Gasteiger partial charge in [0.1, 0.15) is 0 Å². The van der Waals surface area contributed by atoms with Gasteiger partial charge >= 0.3 is 0 Å². The summed E-state index contributed by atoms with van der Waals surface area (Å²) in [6.07, 6.45) is 1.68. The van der Waals surface area contributed by atoms with Gasteiger partial charge in [-0.3, -0.25) is 9.59 Å². The molecule has 1 aliphatic heterocycles. The van der Waals surface area contributed by atoms with E-state index in [9.17, 15) is 9.59 Å². The summed E-state index contributed by atoms with van der Waals surface area (Å²) < 4.78 is 10.5. The van der Waals surface area contributed by atoms with E-state index in [2.05, 4.69) is 0 Å². The summed E-state index contributed by atoms with van der Waals surface area (Å²) in [4.78, 5) is 26.4. The standard InChI is InChI=1S/C15H15NO4S/c17-13(14-2-1-5-20-14)8-12-9-19-6-4-16(12)15(18)11-3-7-21-10-11/h1-3,5,7,10,12H,4,6,8-9H2/t12-/m0/s1. The Morgan fingerprint density at radius 1 is 1.38 bits per heavy atom. The first-order valence-corrected chi connectivity index (χ1v) is 7.67. The molecule has 110 valence electrons. The lowest BCUT2D eigenvalue weighted by Gasteiger charge is -2.35. The van der Waals surface area contributed by atoms with E-state index in [-0.39, 0.29) is 24.2 Å². The largest absolute Gasteiger partial charge is 0.461 e. The van der Waals surface area contributed by atoms with Crippen molar-refractivity contribution in [2.45, 2.75) is 12.5 Å². The van der Waals surface area contributed by atoms with E-state index >= 15 is 0 Å². The lowest BCUT2D eigenvalue weighted by molar-refractivity contribution is -0.00300. The summed E-state index contributed by atoms with van der Waals surface area (Å²) in [6.45, 7) is 1.38. The first kappa shape index (κ1) is 14.0. The molecule has 2 aromatic heterocycles. The van der Waals surface area contributed by atoms with E-state index in [1.165, 1.54) is 17.6 Å². The fraction of sp³-hybridized carbons (Fsp3) is 0.333. The van der Waals surface area contributed by atoms with Crippen LogP contribution in [0.25, 0.3) is 0 Å². The molecule has 5 nitrogen and oxygen atoms in total. The molecule has 21 heavy (non-hydrogen) atoms. The average molecular weight is 305 g/mol. The number of morpholine rings is 1. The minimum absolute atomic E-state index is 0.0446. The molecule has 1 atom stereocenters. The van der Waals surface area contributed by atoms with Gasteiger partial charge in [0, 0.05) is 18.3 Å². The molecule has 0 aliphatic carbocycles. The highest BCUT2D eigenvalue weighted by Crippen LogP contribution is 2.18. The highest BCUT2D eigenvalue weighted by Gasteiger charge is 2.30. The monoisotopic (exact) mass is 305 g/mol. The maximum Gasteiger partial charge on any atom is 0.255 e. The van der Waals surface area contributed by atoms with Gasteiger partial charge in [-0.05, 0) is 23.6 Å². The summed E-state index contributed by atoms with van der Waals surface area (Å²) in [5.41, 5.74) is 0.664. The van der Waals surface area contributed by atoms with Gasteiger partial charge in [0.05, 0.1) is 31.1 Å². The van der Waals surface area contributed by atoms with Crippen molar-refractivity contribution in [2.75, 3.05) is 19.8 Å². The van der Waals surface area contributed by atoms with Crippen molar-refractivity contribution in [1.29, 1.82) is 0 Å². The summed E-state index contributed by atoms with van der Waals surface area (Å²) in [5.74, 6) is 0.166. The lowest BCUT2D eigenvalue weighted by atomic mass is 10.1. The van der Waals surface area contributed by atoms with Gasteiger partial charge < -0.3 is 14.1 Å². The molecular weight excluding hydrogens is 290 g/mol. The van der Waals surface area contributed by atoms with Gasteiger partial charge in [-0.1, -0.05) is 0 Å². The fourth-order valence-corrected chi connectivity index (χ4v) is 3.02. The Hall–Kier alpha value is -1.92. The van der Waals surface area contributed by atoms with Crippen LogP contribution in [0.3, 0.4) is 0 Å². The molecule has 0 aromatic carbocycles. The number of Topliss-reactive ketones (excluding diaryl/α,β-unsaturated/α-hetero) is 1. The molecule has 1 amide bonds. The van der Waals surface area contributed by atoms with Crippen LogP contribution in [-0.4, -0.2) is 42.4 Å². The number of ketones is 1. The molecule has 3 rings (SSSR count). The van der Waals surface area contributed by atoms with Crippen LogP contribution < -0.4 is 0 Å². The molecule has 0 unspecified atom stereocenters. The van der Waals surface area contributed by atoms with Gasteiger partial charge in [-0.25, -0.2) is 0 Å². The Labute approximate surface area is 126 Å².